The predicted molar refractivity (Wildman–Crippen MR) is 102 cm³/mol. The Labute approximate surface area is 156 Å². The number of fused-ring (bicyclic) bond motifs is 2. The first-order chi connectivity index (χ1) is 12.7. The Balaban J connectivity index is 1.92. The second kappa shape index (κ2) is 5.78. The van der Waals surface area contributed by atoms with Crippen molar-refractivity contribution in [3.05, 3.63) is 81.0 Å². The van der Waals surface area contributed by atoms with Crippen molar-refractivity contribution in [2.45, 2.75) is 32.2 Å². The summed E-state index contributed by atoms with van der Waals surface area (Å²) in [6.07, 6.45) is 0. The van der Waals surface area contributed by atoms with Gasteiger partial charge in [-0.2, -0.15) is 0 Å². The van der Waals surface area contributed by atoms with Gasteiger partial charge in [0.05, 0.1) is 17.0 Å². The molecule has 0 saturated carbocycles. The predicted octanol–water partition coefficient (Wildman–Crippen LogP) is 4.40. The topological polar surface area (TPSA) is 50.5 Å². The number of carbonyl (C=O) groups is 1. The minimum absolute atomic E-state index is 0.000587. The molecule has 0 saturated heterocycles. The van der Waals surface area contributed by atoms with E-state index in [1.165, 1.54) is 17.0 Å². The number of hydrogen-bond acceptors (Lipinski definition) is 3. The van der Waals surface area contributed by atoms with Crippen LogP contribution in [0.4, 0.5) is 4.39 Å². The highest BCUT2D eigenvalue weighted by atomic mass is 19.1. The molecule has 2 heterocycles. The molecule has 1 amide bonds. The molecule has 138 valence electrons. The average Bonchev–Trinajstić information content (AvgIpc) is 2.87. The Hall–Kier alpha value is -2.95. The van der Waals surface area contributed by atoms with Crippen LogP contribution in [0.2, 0.25) is 0 Å². The largest absolute Gasteiger partial charge is 0.450 e. The minimum Gasteiger partial charge on any atom is -0.450 e. The molecule has 4 nitrogen and oxygen atoms in total. The Bertz CT molecular complexity index is 1120. The van der Waals surface area contributed by atoms with Gasteiger partial charge in [0.1, 0.15) is 11.4 Å². The summed E-state index contributed by atoms with van der Waals surface area (Å²) in [4.78, 5) is 27.3. The molecule has 27 heavy (non-hydrogen) atoms. The maximum Gasteiger partial charge on any atom is 0.290 e. The van der Waals surface area contributed by atoms with Crippen LogP contribution in [0.3, 0.4) is 0 Å². The zero-order valence-electron chi connectivity index (χ0n) is 15.7. The van der Waals surface area contributed by atoms with E-state index in [4.69, 9.17) is 4.42 Å². The summed E-state index contributed by atoms with van der Waals surface area (Å²) in [5, 5.41) is 0.146. The normalized spacial score (nSPS) is 16.9. The molecule has 1 aromatic heterocycles. The summed E-state index contributed by atoms with van der Waals surface area (Å²) in [5.74, 6) is -0.830. The number of rotatable bonds is 1. The van der Waals surface area contributed by atoms with Crippen LogP contribution in [0.15, 0.2) is 51.7 Å². The van der Waals surface area contributed by atoms with Crippen LogP contribution in [0.1, 0.15) is 54.1 Å². The summed E-state index contributed by atoms with van der Waals surface area (Å²) in [7, 11) is 1.64. The minimum atomic E-state index is -0.551. The van der Waals surface area contributed by atoms with Gasteiger partial charge in [-0.15, -0.1) is 0 Å². The third-order valence-electron chi connectivity index (χ3n) is 5.16. The molecule has 0 bridgehead atoms. The van der Waals surface area contributed by atoms with Gasteiger partial charge in [-0.3, -0.25) is 9.59 Å². The molecule has 0 fully saturated rings. The van der Waals surface area contributed by atoms with Gasteiger partial charge in [0, 0.05) is 7.05 Å². The van der Waals surface area contributed by atoms with Crippen LogP contribution in [0, 0.1) is 5.82 Å². The van der Waals surface area contributed by atoms with E-state index in [1.807, 2.05) is 24.3 Å². The highest BCUT2D eigenvalue weighted by Crippen LogP contribution is 2.37. The van der Waals surface area contributed by atoms with E-state index >= 15 is 0 Å². The van der Waals surface area contributed by atoms with Crippen molar-refractivity contribution in [3.8, 4) is 0 Å². The Morgan fingerprint density at radius 3 is 2.33 bits per heavy atom. The van der Waals surface area contributed by atoms with Crippen molar-refractivity contribution in [1.29, 1.82) is 0 Å². The highest BCUT2D eigenvalue weighted by molar-refractivity contribution is 5.98. The standard InChI is InChI=1S/C22H20FNO3/c1-22(2,3)13-7-5-12(6-8-13)18-17-19(25)15-11-14(23)9-10-16(15)27-20(17)21(26)24(18)4/h5-11,18H,1-4H3. The van der Waals surface area contributed by atoms with Crippen molar-refractivity contribution in [3.63, 3.8) is 0 Å². The van der Waals surface area contributed by atoms with Crippen molar-refractivity contribution >= 4 is 16.9 Å². The Morgan fingerprint density at radius 2 is 1.70 bits per heavy atom. The Kier molecular flexibility index (Phi) is 3.74. The third kappa shape index (κ3) is 2.65. The smallest absolute Gasteiger partial charge is 0.290 e. The molecular formula is C22H20FNO3. The lowest BCUT2D eigenvalue weighted by Crippen LogP contribution is -2.25. The van der Waals surface area contributed by atoms with Gasteiger partial charge in [-0.05, 0) is 34.7 Å². The number of benzene rings is 2. The van der Waals surface area contributed by atoms with Crippen molar-refractivity contribution in [2.24, 2.45) is 0 Å². The first-order valence-electron chi connectivity index (χ1n) is 8.82. The zero-order valence-corrected chi connectivity index (χ0v) is 15.7. The van der Waals surface area contributed by atoms with Gasteiger partial charge in [-0.1, -0.05) is 45.0 Å². The van der Waals surface area contributed by atoms with E-state index in [-0.39, 0.29) is 39.0 Å². The zero-order chi connectivity index (χ0) is 19.5. The van der Waals surface area contributed by atoms with Crippen LogP contribution in [0.5, 0.6) is 0 Å². The van der Waals surface area contributed by atoms with Crippen molar-refractivity contribution in [2.75, 3.05) is 7.05 Å². The highest BCUT2D eigenvalue weighted by Gasteiger charge is 2.40. The van der Waals surface area contributed by atoms with Crippen molar-refractivity contribution < 1.29 is 13.6 Å². The third-order valence-corrected chi connectivity index (χ3v) is 5.16. The summed E-state index contributed by atoms with van der Waals surface area (Å²) >= 11 is 0. The van der Waals surface area contributed by atoms with Crippen molar-refractivity contribution in [1.82, 2.24) is 4.90 Å². The monoisotopic (exact) mass is 365 g/mol. The molecule has 2 aromatic carbocycles. The maximum absolute atomic E-state index is 13.6. The molecule has 1 aliphatic rings. The molecule has 0 N–H and O–H groups in total. The number of carbonyl (C=O) groups excluding carboxylic acids is 1. The first kappa shape index (κ1) is 17.5. The van der Waals surface area contributed by atoms with E-state index in [0.717, 1.165) is 17.2 Å². The maximum atomic E-state index is 13.6. The van der Waals surface area contributed by atoms with E-state index in [0.29, 0.717) is 0 Å². The second-order valence-electron chi connectivity index (χ2n) is 8.01. The molecule has 1 unspecified atom stereocenters. The fourth-order valence-electron chi connectivity index (χ4n) is 3.62. The first-order valence-corrected chi connectivity index (χ1v) is 8.82. The second-order valence-corrected chi connectivity index (χ2v) is 8.01. The van der Waals surface area contributed by atoms with Gasteiger partial charge in [-0.25, -0.2) is 4.39 Å². The van der Waals surface area contributed by atoms with Gasteiger partial charge in [0.15, 0.2) is 5.43 Å². The number of hydrogen-bond donors (Lipinski definition) is 0. The fraction of sp³-hybridized carbons (Fsp3) is 0.273. The summed E-state index contributed by atoms with van der Waals surface area (Å²) in [5.41, 5.74) is 2.09. The van der Waals surface area contributed by atoms with E-state index in [1.54, 1.807) is 7.05 Å². The quantitative estimate of drug-likeness (QED) is 0.642. The van der Waals surface area contributed by atoms with Crippen LogP contribution < -0.4 is 5.43 Å². The summed E-state index contributed by atoms with van der Waals surface area (Å²) < 4.78 is 19.3. The van der Waals surface area contributed by atoms with Crippen LogP contribution in [-0.2, 0) is 5.41 Å². The SMILES string of the molecule is CN1C(=O)c2oc3ccc(F)cc3c(=O)c2C1c1ccc(C(C)(C)C)cc1. The summed E-state index contributed by atoms with van der Waals surface area (Å²) in [6.45, 7) is 6.37. The van der Waals surface area contributed by atoms with Gasteiger partial charge in [0.2, 0.25) is 5.76 Å². The lowest BCUT2D eigenvalue weighted by atomic mass is 9.86. The molecular weight excluding hydrogens is 345 g/mol. The van der Waals surface area contributed by atoms with E-state index in [9.17, 15) is 14.0 Å². The molecule has 0 aliphatic carbocycles. The fourth-order valence-corrected chi connectivity index (χ4v) is 3.62. The van der Waals surface area contributed by atoms with E-state index < -0.39 is 11.9 Å². The number of halogens is 1. The molecule has 1 aliphatic heterocycles. The molecule has 3 aromatic rings. The van der Waals surface area contributed by atoms with Crippen LogP contribution in [-0.4, -0.2) is 17.9 Å². The summed E-state index contributed by atoms with van der Waals surface area (Å²) in [6, 6.07) is 11.1. The van der Waals surface area contributed by atoms with Gasteiger partial charge < -0.3 is 9.32 Å². The number of nitrogens with zero attached hydrogens (tertiary/aromatic N) is 1. The van der Waals surface area contributed by atoms with Crippen LogP contribution in [0.25, 0.3) is 11.0 Å². The molecule has 0 spiro atoms. The molecule has 5 heteroatoms. The molecule has 0 radical (unpaired) electrons. The molecule has 4 rings (SSSR count). The molecule has 1 atom stereocenters. The Morgan fingerprint density at radius 1 is 1.04 bits per heavy atom. The van der Waals surface area contributed by atoms with Gasteiger partial charge >= 0.3 is 0 Å². The van der Waals surface area contributed by atoms with Gasteiger partial charge in [0.25, 0.3) is 5.91 Å². The van der Waals surface area contributed by atoms with Crippen LogP contribution >= 0.6 is 0 Å². The van der Waals surface area contributed by atoms with E-state index in [2.05, 4.69) is 20.8 Å². The number of amides is 1. The average molecular weight is 365 g/mol. The lowest BCUT2D eigenvalue weighted by Gasteiger charge is -2.23. The lowest BCUT2D eigenvalue weighted by molar-refractivity contribution is 0.0771.